The van der Waals surface area contributed by atoms with Crippen LogP contribution in [0.25, 0.3) is 0 Å². The number of benzene rings is 2. The van der Waals surface area contributed by atoms with Crippen LogP contribution in [0.1, 0.15) is 15.9 Å². The molecule has 0 aromatic heterocycles. The van der Waals surface area contributed by atoms with Gasteiger partial charge in [-0.05, 0) is 35.9 Å². The van der Waals surface area contributed by atoms with Crippen molar-refractivity contribution in [2.24, 2.45) is 0 Å². The van der Waals surface area contributed by atoms with Crippen LogP contribution < -0.4 is 5.32 Å². The van der Waals surface area contributed by atoms with Crippen molar-refractivity contribution < 1.29 is 27.1 Å². The molecule has 0 aliphatic carbocycles. The summed E-state index contributed by atoms with van der Waals surface area (Å²) in [4.78, 5) is 23.9. The summed E-state index contributed by atoms with van der Waals surface area (Å²) in [6.45, 7) is -0.449. The Bertz CT molecular complexity index is 978. The molecule has 2 rings (SSSR count). The summed E-state index contributed by atoms with van der Waals surface area (Å²) in [5, 5.41) is 2.51. The fourth-order valence-electron chi connectivity index (χ4n) is 2.09. The van der Waals surface area contributed by atoms with E-state index in [1.54, 1.807) is 0 Å². The molecule has 2 aromatic carbocycles. The van der Waals surface area contributed by atoms with Gasteiger partial charge in [-0.15, -0.1) is 0 Å². The second-order valence-electron chi connectivity index (χ2n) is 5.91. The predicted molar refractivity (Wildman–Crippen MR) is 101 cm³/mol. The van der Waals surface area contributed by atoms with Crippen LogP contribution in [-0.4, -0.2) is 45.3 Å². The Labute approximate surface area is 167 Å². The molecule has 1 amide bonds. The SMILES string of the molecule is CN(C)S(=O)(=O)c1ccc(Cl)c(C(=O)OCC(=O)NCc2ccc(F)cc2)c1. The smallest absolute Gasteiger partial charge is 0.340 e. The van der Waals surface area contributed by atoms with Gasteiger partial charge in [0.05, 0.1) is 15.5 Å². The lowest BCUT2D eigenvalue weighted by Crippen LogP contribution is -2.28. The Balaban J connectivity index is 1.98. The van der Waals surface area contributed by atoms with Crippen LogP contribution in [0, 0.1) is 5.82 Å². The molecule has 0 heterocycles. The van der Waals surface area contributed by atoms with Crippen molar-refractivity contribution in [2.45, 2.75) is 11.4 Å². The number of rotatable bonds is 7. The number of ether oxygens (including phenoxy) is 1. The number of esters is 1. The number of carbonyl (C=O) groups is 2. The van der Waals surface area contributed by atoms with Crippen LogP contribution in [-0.2, 0) is 26.1 Å². The van der Waals surface area contributed by atoms with Crippen molar-refractivity contribution in [3.8, 4) is 0 Å². The zero-order valence-corrected chi connectivity index (χ0v) is 16.7. The van der Waals surface area contributed by atoms with Crippen LogP contribution in [0.2, 0.25) is 5.02 Å². The van der Waals surface area contributed by atoms with Gasteiger partial charge in [-0.1, -0.05) is 23.7 Å². The summed E-state index contributed by atoms with van der Waals surface area (Å²) in [5.41, 5.74) is 0.502. The molecule has 0 spiro atoms. The molecule has 0 bridgehead atoms. The van der Waals surface area contributed by atoms with Gasteiger partial charge in [0, 0.05) is 20.6 Å². The van der Waals surface area contributed by atoms with Crippen molar-refractivity contribution in [3.63, 3.8) is 0 Å². The summed E-state index contributed by atoms with van der Waals surface area (Å²) in [6, 6.07) is 9.18. The first-order valence-corrected chi connectivity index (χ1v) is 9.83. The highest BCUT2D eigenvalue weighted by Crippen LogP contribution is 2.22. The second kappa shape index (κ2) is 9.13. The largest absolute Gasteiger partial charge is 0.452 e. The Morgan fingerprint density at radius 3 is 2.39 bits per heavy atom. The normalized spacial score (nSPS) is 11.3. The highest BCUT2D eigenvalue weighted by molar-refractivity contribution is 7.89. The highest BCUT2D eigenvalue weighted by atomic mass is 35.5. The van der Waals surface area contributed by atoms with E-state index in [0.717, 1.165) is 10.4 Å². The molecule has 7 nitrogen and oxygen atoms in total. The fourth-order valence-corrected chi connectivity index (χ4v) is 3.22. The minimum absolute atomic E-state index is 0.00516. The number of nitrogens with zero attached hydrogens (tertiary/aromatic N) is 1. The Kier molecular flexibility index (Phi) is 7.11. The quantitative estimate of drug-likeness (QED) is 0.682. The third-order valence-electron chi connectivity index (χ3n) is 3.67. The number of amides is 1. The average Bonchev–Trinajstić information content (AvgIpc) is 2.65. The summed E-state index contributed by atoms with van der Waals surface area (Å²) < 4.78 is 43.1. The van der Waals surface area contributed by atoms with Gasteiger partial charge in [-0.3, -0.25) is 4.79 Å². The van der Waals surface area contributed by atoms with Crippen LogP contribution in [0.15, 0.2) is 47.4 Å². The van der Waals surface area contributed by atoms with Crippen molar-refractivity contribution in [3.05, 3.63) is 64.4 Å². The van der Waals surface area contributed by atoms with Gasteiger partial charge in [0.25, 0.3) is 5.91 Å². The van der Waals surface area contributed by atoms with E-state index >= 15 is 0 Å². The summed E-state index contributed by atoms with van der Waals surface area (Å²) in [5.74, 6) is -1.90. The maximum Gasteiger partial charge on any atom is 0.340 e. The lowest BCUT2D eigenvalue weighted by atomic mass is 10.2. The molecule has 2 aromatic rings. The molecule has 0 aliphatic heterocycles. The molecule has 10 heteroatoms. The summed E-state index contributed by atoms with van der Waals surface area (Å²) in [6.07, 6.45) is 0. The third kappa shape index (κ3) is 5.51. The van der Waals surface area contributed by atoms with Crippen molar-refractivity contribution in [1.82, 2.24) is 9.62 Å². The summed E-state index contributed by atoms with van der Waals surface area (Å²) in [7, 11) is -1.05. The molecule has 0 saturated carbocycles. The molecule has 0 radical (unpaired) electrons. The maximum absolute atomic E-state index is 12.8. The van der Waals surface area contributed by atoms with E-state index in [9.17, 15) is 22.4 Å². The fraction of sp³-hybridized carbons (Fsp3) is 0.222. The third-order valence-corrected chi connectivity index (χ3v) is 5.81. The zero-order valence-electron chi connectivity index (χ0n) is 15.1. The molecule has 1 N–H and O–H groups in total. The van der Waals surface area contributed by atoms with Gasteiger partial charge < -0.3 is 10.1 Å². The standard InChI is InChI=1S/C18H18ClFN2O5S/c1-22(2)28(25,26)14-7-8-16(19)15(9-14)18(24)27-11-17(23)21-10-12-3-5-13(20)6-4-12/h3-9H,10-11H2,1-2H3,(H,21,23). The topological polar surface area (TPSA) is 92.8 Å². The molecule has 0 saturated heterocycles. The first kappa shape index (κ1) is 21.8. The molecule has 28 heavy (non-hydrogen) atoms. The first-order chi connectivity index (χ1) is 13.1. The minimum Gasteiger partial charge on any atom is -0.452 e. The van der Waals surface area contributed by atoms with Gasteiger partial charge in [-0.25, -0.2) is 21.9 Å². The molecule has 0 aliphatic rings. The number of sulfonamides is 1. The minimum atomic E-state index is -3.76. The molecule has 0 atom stereocenters. The van der Waals surface area contributed by atoms with Crippen LogP contribution in [0.3, 0.4) is 0 Å². The number of carbonyl (C=O) groups excluding carboxylic acids is 2. The van der Waals surface area contributed by atoms with E-state index in [2.05, 4.69) is 5.32 Å². The lowest BCUT2D eigenvalue weighted by molar-refractivity contribution is -0.124. The van der Waals surface area contributed by atoms with Crippen molar-refractivity contribution in [2.75, 3.05) is 20.7 Å². The molecule has 0 fully saturated rings. The molecular weight excluding hydrogens is 411 g/mol. The lowest BCUT2D eigenvalue weighted by Gasteiger charge is -2.13. The van der Waals surface area contributed by atoms with Gasteiger partial charge in [0.2, 0.25) is 10.0 Å². The van der Waals surface area contributed by atoms with Crippen LogP contribution >= 0.6 is 11.6 Å². The highest BCUT2D eigenvalue weighted by Gasteiger charge is 2.21. The van der Waals surface area contributed by atoms with Crippen LogP contribution in [0.4, 0.5) is 4.39 Å². The second-order valence-corrected chi connectivity index (χ2v) is 8.47. The maximum atomic E-state index is 12.8. The van der Waals surface area contributed by atoms with Crippen molar-refractivity contribution in [1.29, 1.82) is 0 Å². The molecule has 0 unspecified atom stereocenters. The zero-order chi connectivity index (χ0) is 20.9. The number of hydrogen-bond donors (Lipinski definition) is 1. The van der Waals surface area contributed by atoms with E-state index in [0.29, 0.717) is 5.56 Å². The predicted octanol–water partition coefficient (Wildman–Crippen LogP) is 2.20. The van der Waals surface area contributed by atoms with E-state index in [1.165, 1.54) is 50.5 Å². The number of nitrogens with one attached hydrogen (secondary N) is 1. The first-order valence-electron chi connectivity index (χ1n) is 8.01. The average molecular weight is 429 g/mol. The van der Waals surface area contributed by atoms with E-state index in [4.69, 9.17) is 16.3 Å². The Morgan fingerprint density at radius 2 is 1.79 bits per heavy atom. The molecule has 150 valence electrons. The van der Waals surface area contributed by atoms with Gasteiger partial charge >= 0.3 is 5.97 Å². The van der Waals surface area contributed by atoms with Gasteiger partial charge in [-0.2, -0.15) is 0 Å². The van der Waals surface area contributed by atoms with Crippen LogP contribution in [0.5, 0.6) is 0 Å². The van der Waals surface area contributed by atoms with Crippen molar-refractivity contribution >= 4 is 33.5 Å². The van der Waals surface area contributed by atoms with Gasteiger partial charge in [0.15, 0.2) is 6.61 Å². The van der Waals surface area contributed by atoms with E-state index < -0.39 is 28.5 Å². The molecular formula is C18H18ClFN2O5S. The Morgan fingerprint density at radius 1 is 1.14 bits per heavy atom. The van der Waals surface area contributed by atoms with E-state index in [1.807, 2.05) is 0 Å². The number of halogens is 2. The summed E-state index contributed by atoms with van der Waals surface area (Å²) >= 11 is 5.95. The Hall–Kier alpha value is -2.49. The van der Waals surface area contributed by atoms with E-state index in [-0.39, 0.29) is 27.8 Å². The van der Waals surface area contributed by atoms with Gasteiger partial charge in [0.1, 0.15) is 5.82 Å². The number of hydrogen-bond acceptors (Lipinski definition) is 5. The monoisotopic (exact) mass is 428 g/mol.